The lowest BCUT2D eigenvalue weighted by Gasteiger charge is -2.20. The van der Waals surface area contributed by atoms with E-state index in [1.54, 1.807) is 6.08 Å². The van der Waals surface area contributed by atoms with Crippen LogP contribution >= 0.6 is 12.2 Å². The minimum Gasteiger partial charge on any atom is -0.489 e. The lowest BCUT2D eigenvalue weighted by Crippen LogP contribution is -2.31. The highest BCUT2D eigenvalue weighted by Crippen LogP contribution is 2.20. The van der Waals surface area contributed by atoms with E-state index in [1.165, 1.54) is 16.7 Å². The molecule has 0 aromatic heterocycles. The highest BCUT2D eigenvalue weighted by molar-refractivity contribution is 7.80. The second-order valence-corrected chi connectivity index (χ2v) is 6.22. The van der Waals surface area contributed by atoms with Gasteiger partial charge >= 0.3 is 0 Å². The van der Waals surface area contributed by atoms with Crippen LogP contribution in [0.2, 0.25) is 0 Å². The first-order valence-corrected chi connectivity index (χ1v) is 8.39. The van der Waals surface area contributed by atoms with Gasteiger partial charge in [-0.15, -0.1) is 0 Å². The molecule has 1 unspecified atom stereocenters. The highest BCUT2D eigenvalue weighted by atomic mass is 32.1. The second kappa shape index (κ2) is 8.50. The number of benzene rings is 2. The molecule has 0 heterocycles. The molecule has 0 saturated heterocycles. The molecule has 0 radical (unpaired) electrons. The fraction of sp³-hybridized carbons (Fsp3) is 0.250. The molecule has 2 rings (SSSR count). The molecule has 2 aromatic carbocycles. The highest BCUT2D eigenvalue weighted by Gasteiger charge is 2.10. The van der Waals surface area contributed by atoms with E-state index in [0.29, 0.717) is 11.7 Å². The molecule has 0 bridgehead atoms. The minimum atomic E-state index is 0.130. The Hall–Kier alpha value is -2.33. The molecule has 0 aliphatic carbocycles. The first-order chi connectivity index (χ1) is 11.5. The van der Waals surface area contributed by atoms with E-state index >= 15 is 0 Å². The van der Waals surface area contributed by atoms with E-state index in [-0.39, 0.29) is 6.04 Å². The molecular weight excluding hydrogens is 316 g/mol. The van der Waals surface area contributed by atoms with Crippen LogP contribution in [-0.4, -0.2) is 11.7 Å². The molecule has 0 fully saturated rings. The quantitative estimate of drug-likeness (QED) is 0.578. The summed E-state index contributed by atoms with van der Waals surface area (Å²) < 4.78 is 5.53. The third-order valence-electron chi connectivity index (χ3n) is 3.71. The predicted molar refractivity (Wildman–Crippen MR) is 106 cm³/mol. The van der Waals surface area contributed by atoms with Crippen LogP contribution in [0.25, 0.3) is 0 Å². The maximum atomic E-state index is 5.53. The number of aryl methyl sites for hydroxylation is 2. The van der Waals surface area contributed by atoms with Crippen molar-refractivity contribution in [2.75, 3.05) is 11.9 Å². The molecule has 2 N–H and O–H groups in total. The van der Waals surface area contributed by atoms with E-state index in [1.807, 2.05) is 24.3 Å². The molecule has 3 nitrogen and oxygen atoms in total. The lowest BCUT2D eigenvalue weighted by atomic mass is 10.0. The summed E-state index contributed by atoms with van der Waals surface area (Å²) >= 11 is 5.44. The minimum absolute atomic E-state index is 0.130. The number of ether oxygens (including phenoxy) is 1. The first-order valence-electron chi connectivity index (χ1n) is 7.98. The van der Waals surface area contributed by atoms with Gasteiger partial charge in [-0.25, -0.2) is 0 Å². The number of anilines is 1. The van der Waals surface area contributed by atoms with Crippen LogP contribution in [0.1, 0.15) is 29.7 Å². The predicted octanol–water partition coefficient (Wildman–Crippen LogP) is 4.92. The summed E-state index contributed by atoms with van der Waals surface area (Å²) in [6, 6.07) is 14.3. The summed E-state index contributed by atoms with van der Waals surface area (Å²) in [5, 5.41) is 7.13. The van der Waals surface area contributed by atoms with Gasteiger partial charge in [-0.05, 0) is 56.2 Å². The van der Waals surface area contributed by atoms with Gasteiger partial charge in [0, 0.05) is 11.8 Å². The van der Waals surface area contributed by atoms with Crippen molar-refractivity contribution in [2.45, 2.75) is 26.8 Å². The van der Waals surface area contributed by atoms with Crippen molar-refractivity contribution >= 4 is 23.0 Å². The Labute approximate surface area is 149 Å². The van der Waals surface area contributed by atoms with Gasteiger partial charge in [0.1, 0.15) is 12.4 Å². The van der Waals surface area contributed by atoms with Crippen molar-refractivity contribution in [3.05, 3.63) is 71.8 Å². The molecule has 0 spiro atoms. The van der Waals surface area contributed by atoms with Crippen molar-refractivity contribution in [2.24, 2.45) is 0 Å². The number of hydrogen-bond acceptors (Lipinski definition) is 2. The van der Waals surface area contributed by atoms with Crippen molar-refractivity contribution in [1.82, 2.24) is 5.32 Å². The molecule has 0 saturated carbocycles. The van der Waals surface area contributed by atoms with Crippen molar-refractivity contribution in [3.63, 3.8) is 0 Å². The molecule has 0 amide bonds. The van der Waals surface area contributed by atoms with E-state index in [9.17, 15) is 0 Å². The van der Waals surface area contributed by atoms with Crippen molar-refractivity contribution in [1.29, 1.82) is 0 Å². The van der Waals surface area contributed by atoms with Gasteiger partial charge < -0.3 is 15.4 Å². The standard InChI is InChI=1S/C20H24N2OS/c1-5-11-23-18-8-6-7-17(13-18)22-20(24)21-16(4)19-12-14(2)9-10-15(19)3/h5-10,12-13,16H,1,11H2,2-4H3,(H2,21,22,24). The maximum absolute atomic E-state index is 5.53. The van der Waals surface area contributed by atoms with Gasteiger partial charge in [-0.1, -0.05) is 42.5 Å². The van der Waals surface area contributed by atoms with Gasteiger partial charge in [-0.2, -0.15) is 0 Å². The molecule has 24 heavy (non-hydrogen) atoms. The fourth-order valence-corrected chi connectivity index (χ4v) is 2.78. The topological polar surface area (TPSA) is 33.3 Å². The van der Waals surface area contributed by atoms with Crippen LogP contribution < -0.4 is 15.4 Å². The monoisotopic (exact) mass is 340 g/mol. The largest absolute Gasteiger partial charge is 0.489 e. The SMILES string of the molecule is C=CCOc1cccc(NC(=S)NC(C)c2cc(C)ccc2C)c1. The van der Waals surface area contributed by atoms with Crippen molar-refractivity contribution in [3.8, 4) is 5.75 Å². The fourth-order valence-electron chi connectivity index (χ4n) is 2.49. The summed E-state index contributed by atoms with van der Waals surface area (Å²) in [4.78, 5) is 0. The maximum Gasteiger partial charge on any atom is 0.171 e. The third kappa shape index (κ3) is 5.10. The second-order valence-electron chi connectivity index (χ2n) is 5.81. The summed E-state index contributed by atoms with van der Waals surface area (Å²) in [6.07, 6.45) is 1.72. The molecule has 0 aliphatic rings. The molecule has 126 valence electrons. The average molecular weight is 340 g/mol. The molecule has 1 atom stereocenters. The zero-order chi connectivity index (χ0) is 17.5. The first kappa shape index (κ1) is 18.0. The Balaban J connectivity index is 2.00. The Bertz CT molecular complexity index is 727. The van der Waals surface area contributed by atoms with Gasteiger partial charge in [0.25, 0.3) is 0 Å². The summed E-state index contributed by atoms with van der Waals surface area (Å²) in [5.41, 5.74) is 4.64. The normalized spacial score (nSPS) is 11.5. The van der Waals surface area contributed by atoms with Crippen LogP contribution in [0.5, 0.6) is 5.75 Å². The van der Waals surface area contributed by atoms with Gasteiger partial charge in [0.05, 0.1) is 6.04 Å². The summed E-state index contributed by atoms with van der Waals surface area (Å²) in [7, 11) is 0. The van der Waals surface area contributed by atoms with E-state index < -0.39 is 0 Å². The van der Waals surface area contributed by atoms with Crippen LogP contribution in [0.3, 0.4) is 0 Å². The molecule has 2 aromatic rings. The number of rotatable bonds is 6. The average Bonchev–Trinajstić information content (AvgIpc) is 2.55. The van der Waals surface area contributed by atoms with E-state index in [4.69, 9.17) is 17.0 Å². The van der Waals surface area contributed by atoms with E-state index in [0.717, 1.165) is 11.4 Å². The molecule has 4 heteroatoms. The molecular formula is C20H24N2OS. The zero-order valence-electron chi connectivity index (χ0n) is 14.4. The zero-order valence-corrected chi connectivity index (χ0v) is 15.2. The number of thiocarbonyl (C=S) groups is 1. The summed E-state index contributed by atoms with van der Waals surface area (Å²) in [6.45, 7) is 10.5. The smallest absolute Gasteiger partial charge is 0.171 e. The van der Waals surface area contributed by atoms with Crippen LogP contribution in [-0.2, 0) is 0 Å². The Morgan fingerprint density at radius 3 is 2.79 bits per heavy atom. The Morgan fingerprint density at radius 1 is 1.25 bits per heavy atom. The Morgan fingerprint density at radius 2 is 2.04 bits per heavy atom. The summed E-state index contributed by atoms with van der Waals surface area (Å²) in [5.74, 6) is 0.783. The lowest BCUT2D eigenvalue weighted by molar-refractivity contribution is 0.363. The number of nitrogens with one attached hydrogen (secondary N) is 2. The van der Waals surface area contributed by atoms with Gasteiger partial charge in [0.15, 0.2) is 5.11 Å². The van der Waals surface area contributed by atoms with Crippen molar-refractivity contribution < 1.29 is 4.74 Å². The van der Waals surface area contributed by atoms with Crippen LogP contribution in [0.15, 0.2) is 55.1 Å². The van der Waals surface area contributed by atoms with Gasteiger partial charge in [-0.3, -0.25) is 0 Å². The van der Waals surface area contributed by atoms with Crippen LogP contribution in [0, 0.1) is 13.8 Å². The molecule has 0 aliphatic heterocycles. The van der Waals surface area contributed by atoms with E-state index in [2.05, 4.69) is 56.2 Å². The van der Waals surface area contributed by atoms with Gasteiger partial charge in [0.2, 0.25) is 0 Å². The third-order valence-corrected chi connectivity index (χ3v) is 3.93. The Kier molecular flexibility index (Phi) is 6.38. The number of hydrogen-bond donors (Lipinski definition) is 2. The van der Waals surface area contributed by atoms with Crippen LogP contribution in [0.4, 0.5) is 5.69 Å².